The number of alkyl carbamates (subject to hydrolysis) is 8. The maximum atomic E-state index is 13.4. The van der Waals surface area contributed by atoms with E-state index in [2.05, 4.69) is 42.5 Å². The molecular weight excluding hydrogens is 1510 g/mol. The first-order chi connectivity index (χ1) is 54.5. The number of carbonyl (C=O) groups excluding carboxylic acids is 8. The van der Waals surface area contributed by atoms with Crippen molar-refractivity contribution in [2.75, 3.05) is 52.4 Å². The second-order valence-corrected chi connectivity index (χ2v) is 27.0. The van der Waals surface area contributed by atoms with E-state index < -0.39 is 48.7 Å². The van der Waals surface area contributed by atoms with Crippen molar-refractivity contribution >= 4 is 92.9 Å². The molecule has 0 spiro atoms. The summed E-state index contributed by atoms with van der Waals surface area (Å²) in [6, 6.07) is 13.7. The fourth-order valence-corrected chi connectivity index (χ4v) is 11.8. The van der Waals surface area contributed by atoms with E-state index in [0.717, 1.165) is 51.4 Å². The SMILES string of the molecule is CCCCNC(=O)OCc1cc2c(cc1COC(=O)NCCCC)-c1nc-2nc2[n-]c(nc3nc(nc4[n-]c(n1)c1cc(COC(=O)NCCCC)c(COC(=O)NCCCC)cc41)-c1cc(COC(=O)NCCCC)c(COC(=O)NCCCC)cc1-3)c1cc(COC(=O)NCCCC)c(COC(=O)NCCCC)cc21.[Zn+2]. The van der Waals surface area contributed by atoms with E-state index >= 15 is 0 Å². The Bertz CT molecular complexity index is 4070. The van der Waals surface area contributed by atoms with Crippen LogP contribution < -0.4 is 52.5 Å². The van der Waals surface area contributed by atoms with E-state index in [-0.39, 0.29) is 118 Å². The van der Waals surface area contributed by atoms with Gasteiger partial charge < -0.3 is 110 Å². The number of benzene rings is 4. The van der Waals surface area contributed by atoms with Crippen LogP contribution in [0.3, 0.4) is 0 Å². The molecule has 0 fully saturated rings. The van der Waals surface area contributed by atoms with Gasteiger partial charge in [0.1, 0.15) is 52.9 Å². The smallest absolute Gasteiger partial charge is 0.445 e. The van der Waals surface area contributed by atoms with Crippen LogP contribution in [0.15, 0.2) is 48.5 Å². The van der Waals surface area contributed by atoms with E-state index in [9.17, 15) is 38.4 Å². The predicted molar refractivity (Wildman–Crippen MR) is 419 cm³/mol. The van der Waals surface area contributed by atoms with Crippen LogP contribution in [0.5, 0.6) is 0 Å². The molecule has 2 aliphatic rings. The van der Waals surface area contributed by atoms with Gasteiger partial charge in [0.2, 0.25) is 0 Å². The summed E-state index contributed by atoms with van der Waals surface area (Å²) in [6.45, 7) is 16.4. The summed E-state index contributed by atoms with van der Waals surface area (Å²) in [5.41, 5.74) is 4.79. The van der Waals surface area contributed by atoms with E-state index in [4.69, 9.17) is 77.8 Å². The Hall–Kier alpha value is -11.0. The zero-order valence-corrected chi connectivity index (χ0v) is 69.0. The van der Waals surface area contributed by atoms with Crippen molar-refractivity contribution in [2.45, 2.75) is 211 Å². The largest absolute Gasteiger partial charge is 2.00 e. The van der Waals surface area contributed by atoms with Crippen molar-refractivity contribution in [3.8, 4) is 45.6 Å². The number of hydrogen-bond acceptors (Lipinski definition) is 22. The molecule has 0 unspecified atom stereocenters. The van der Waals surface area contributed by atoms with E-state index in [1.54, 1.807) is 48.5 Å². The summed E-state index contributed by atoms with van der Waals surface area (Å²) < 4.78 is 46.9. The van der Waals surface area contributed by atoms with Crippen LogP contribution in [0.25, 0.3) is 89.7 Å². The van der Waals surface area contributed by atoms with Crippen molar-refractivity contribution in [1.82, 2.24) is 82.4 Å². The topological polar surface area (TPSA) is 412 Å². The number of amides is 8. The molecule has 8 N–H and O–H groups in total. The molecule has 0 saturated carbocycles. The summed E-state index contributed by atoms with van der Waals surface area (Å²) in [5.74, 6) is 0.135. The fourth-order valence-electron chi connectivity index (χ4n) is 11.8. The Morgan fingerprint density at radius 3 is 0.549 bits per heavy atom. The maximum Gasteiger partial charge on any atom is 2.00 e. The minimum atomic E-state index is -0.687. The van der Waals surface area contributed by atoms with Gasteiger partial charge in [-0.3, -0.25) is 0 Å². The number of hydrogen-bond donors (Lipinski definition) is 8. The third kappa shape index (κ3) is 25.5. The van der Waals surface area contributed by atoms with Crippen molar-refractivity contribution in [3.63, 3.8) is 0 Å². The molecule has 5 heterocycles. The Morgan fingerprint density at radius 2 is 0.398 bits per heavy atom. The van der Waals surface area contributed by atoms with Gasteiger partial charge in [0.15, 0.2) is 0 Å². The van der Waals surface area contributed by atoms with Crippen molar-refractivity contribution < 1.29 is 95.7 Å². The first-order valence-electron chi connectivity index (χ1n) is 39.1. The van der Waals surface area contributed by atoms with Gasteiger partial charge in [-0.05, 0) is 166 Å². The minimum absolute atomic E-state index is 0. The zero-order valence-electron chi connectivity index (χ0n) is 66.1. The summed E-state index contributed by atoms with van der Waals surface area (Å²) >= 11 is 0. The second-order valence-electron chi connectivity index (χ2n) is 27.0. The first-order valence-corrected chi connectivity index (χ1v) is 39.1. The second kappa shape index (κ2) is 45.5. The third-order valence-corrected chi connectivity index (χ3v) is 18.2. The van der Waals surface area contributed by atoms with Crippen LogP contribution in [0, 0.1) is 0 Å². The number of aromatic nitrogens is 8. The van der Waals surface area contributed by atoms with Crippen LogP contribution in [0.4, 0.5) is 38.4 Å². The standard InChI is InChI=1S/C80H106N16O16.Zn/c1-9-17-25-81-73(97)105-41-49-33-57-58(34-50(49)42-106-74(98)82-26-18-10-2)66-89-65(57)93-67-59-35-51(43-107-75(99)83-27-19-11-3)52(44-108-76(100)84-28-20-12-4)36-60(59)69(90-67)95-71-63-39-55(47-111-79(103)87-31-23-15-7)56(48-112-80(104)88-32-24-16-8)40-64(63)72(92-71)96-70-62-38-54(46-110-78(102)86-30-22-14-6)53(37-61(62)68(91-70)94-66)45-109-77(101)85-29-21-13-5;/h33-40H,9-32,41-48H2,1-8H3,(H10,81,82,83,84,85,86,87,88,89,90,91,92,93,94,95,96,97,98,99,100,101,102,103,104);/q;+2/p-2. The normalized spacial score (nSPS) is 11.1. The molecule has 4 aromatic carbocycles. The predicted octanol–water partition coefficient (Wildman–Crippen LogP) is 14.3. The molecule has 2 aliphatic heterocycles. The number of unbranched alkanes of at least 4 members (excludes halogenated alkanes) is 8. The molecule has 3 aromatic heterocycles. The van der Waals surface area contributed by atoms with E-state index in [1.807, 2.05) is 55.4 Å². The third-order valence-electron chi connectivity index (χ3n) is 18.2. The zero-order chi connectivity index (χ0) is 79.7. The van der Waals surface area contributed by atoms with Crippen molar-refractivity contribution in [2.24, 2.45) is 0 Å². The quantitative estimate of drug-likeness (QED) is 0.0100. The van der Waals surface area contributed by atoms with Gasteiger partial charge in [0.25, 0.3) is 0 Å². The van der Waals surface area contributed by atoms with Crippen LogP contribution >= 0.6 is 0 Å². The molecule has 113 heavy (non-hydrogen) atoms. The van der Waals surface area contributed by atoms with Gasteiger partial charge in [0.05, 0.1) is 23.3 Å². The molecule has 8 amide bonds. The van der Waals surface area contributed by atoms with Gasteiger partial charge in [0, 0.05) is 97.2 Å². The monoisotopic (exact) mass is 1610 g/mol. The number of nitrogens with zero attached hydrogens (tertiary/aromatic N) is 8. The summed E-state index contributed by atoms with van der Waals surface area (Å²) in [7, 11) is 0. The molecule has 0 radical (unpaired) electrons. The van der Waals surface area contributed by atoms with Crippen LogP contribution in [0.2, 0.25) is 0 Å². The molecule has 602 valence electrons. The van der Waals surface area contributed by atoms with E-state index in [0.29, 0.717) is 192 Å². The molecule has 9 rings (SSSR count). The van der Waals surface area contributed by atoms with Gasteiger partial charge >= 0.3 is 68.2 Å². The molecular formula is C80H104N16O16Zn. The number of ether oxygens (including phenoxy) is 8. The van der Waals surface area contributed by atoms with E-state index in [1.165, 1.54) is 0 Å². The molecule has 32 nitrogen and oxygen atoms in total. The summed E-state index contributed by atoms with van der Waals surface area (Å²) in [6.07, 6.45) is 6.68. The van der Waals surface area contributed by atoms with Crippen LogP contribution in [-0.2, 0) is 110 Å². The van der Waals surface area contributed by atoms with Crippen molar-refractivity contribution in [3.05, 3.63) is 93.0 Å². The van der Waals surface area contributed by atoms with Gasteiger partial charge in [-0.15, -0.1) is 0 Å². The summed E-state index contributed by atoms with van der Waals surface area (Å²) in [4.78, 5) is 149. The molecule has 0 atom stereocenters. The Labute approximate surface area is 669 Å². The van der Waals surface area contributed by atoms with Gasteiger partial charge in [-0.2, -0.15) is 0 Å². The Morgan fingerprint density at radius 1 is 0.248 bits per heavy atom. The van der Waals surface area contributed by atoms with Crippen LogP contribution in [-0.4, -0.2) is 131 Å². The molecule has 7 aromatic rings. The number of carbonyl (C=O) groups is 8. The van der Waals surface area contributed by atoms with Gasteiger partial charge in [-0.1, -0.05) is 107 Å². The Kier molecular flexibility index (Phi) is 35.3. The Balaban J connectivity index is 0.0000160. The summed E-state index contributed by atoms with van der Waals surface area (Å²) in [5, 5.41) is 23.7. The van der Waals surface area contributed by atoms with Crippen molar-refractivity contribution in [1.29, 1.82) is 0 Å². The fraction of sp³-hybridized carbons (Fsp3) is 0.500. The molecule has 8 bridgehead atoms. The van der Waals surface area contributed by atoms with Gasteiger partial charge in [-0.25, -0.2) is 48.3 Å². The minimum Gasteiger partial charge on any atom is -0.445 e. The maximum absolute atomic E-state index is 13.4. The average molecular weight is 1610 g/mol. The molecule has 0 aliphatic carbocycles. The molecule has 0 saturated heterocycles. The number of nitrogens with one attached hydrogen (secondary N) is 8. The molecule has 33 heteroatoms. The van der Waals surface area contributed by atoms with Crippen LogP contribution in [0.1, 0.15) is 203 Å². The number of rotatable bonds is 40. The first kappa shape index (κ1) is 87.6. The number of fused-ring (bicyclic) bond motifs is 20. The average Bonchev–Trinajstić information content (AvgIpc) is 1.59.